The third-order valence-electron chi connectivity index (χ3n) is 7.95. The number of halogens is 1. The molecule has 2 aromatic carbocycles. The van der Waals surface area contributed by atoms with Crippen LogP contribution >= 0.6 is 0 Å². The Bertz CT molecular complexity index is 1340. The number of hydrogen-bond donors (Lipinski definition) is 2. The van der Waals surface area contributed by atoms with Crippen molar-refractivity contribution < 1.29 is 41.7 Å². The number of likely N-dealkylation sites (tertiary alicyclic amines) is 1. The lowest BCUT2D eigenvalue weighted by Gasteiger charge is -2.27. The molecule has 0 aliphatic carbocycles. The normalized spacial score (nSPS) is 20.1. The molecule has 0 aromatic heterocycles. The SMILES string of the molecule is CCCCCS(=O)(=O)CCCNCCN1C[C@H](c2cc(OC)c3c(c2)OCO3)[C@H](C(=O)O)[C@H]1c1ccc(OC)c(F)c1. The molecule has 1 fully saturated rings. The Hall–Kier alpha value is -3.09. The van der Waals surface area contributed by atoms with Crippen molar-refractivity contribution in [1.82, 2.24) is 10.2 Å². The van der Waals surface area contributed by atoms with E-state index in [0.29, 0.717) is 61.8 Å². The lowest BCUT2D eigenvalue weighted by atomic mass is 9.82. The zero-order valence-electron chi connectivity index (χ0n) is 24.4. The van der Waals surface area contributed by atoms with Gasteiger partial charge < -0.3 is 29.4 Å². The van der Waals surface area contributed by atoms with Crippen molar-refractivity contribution in [3.8, 4) is 23.0 Å². The number of rotatable bonds is 16. The van der Waals surface area contributed by atoms with Gasteiger partial charge in [-0.2, -0.15) is 0 Å². The number of carboxylic acid groups (broad SMARTS) is 1. The largest absolute Gasteiger partial charge is 0.494 e. The van der Waals surface area contributed by atoms with E-state index in [4.69, 9.17) is 18.9 Å². The first-order valence-corrected chi connectivity index (χ1v) is 16.2. The third-order valence-corrected chi connectivity index (χ3v) is 9.77. The highest BCUT2D eigenvalue weighted by molar-refractivity contribution is 7.91. The molecule has 232 valence electrons. The Morgan fingerprint density at radius 1 is 1.05 bits per heavy atom. The van der Waals surface area contributed by atoms with Crippen LogP contribution in [0.4, 0.5) is 4.39 Å². The van der Waals surface area contributed by atoms with Crippen molar-refractivity contribution in [3.05, 3.63) is 47.3 Å². The van der Waals surface area contributed by atoms with Crippen LogP contribution in [-0.2, 0) is 14.6 Å². The fourth-order valence-corrected chi connectivity index (χ4v) is 7.30. The number of nitrogens with zero attached hydrogens (tertiary/aromatic N) is 1. The van der Waals surface area contributed by atoms with Crippen LogP contribution in [0.15, 0.2) is 30.3 Å². The van der Waals surface area contributed by atoms with Gasteiger partial charge in [0.25, 0.3) is 0 Å². The van der Waals surface area contributed by atoms with E-state index in [9.17, 15) is 22.7 Å². The fraction of sp³-hybridized carbons (Fsp3) is 0.567. The minimum absolute atomic E-state index is 0.0494. The number of carboxylic acids is 1. The van der Waals surface area contributed by atoms with Crippen molar-refractivity contribution in [3.63, 3.8) is 0 Å². The molecule has 2 N–H and O–H groups in total. The predicted octanol–water partition coefficient (Wildman–Crippen LogP) is 4.00. The molecule has 2 heterocycles. The summed E-state index contributed by atoms with van der Waals surface area (Å²) in [6, 6.07) is 7.51. The molecule has 4 rings (SSSR count). The molecule has 2 aliphatic heterocycles. The standard InChI is InChI=1S/C30H41FN2O8S/c1-4-5-6-13-42(36,37)14-7-10-32-11-12-33-18-22(21-16-25(39-3)29-26(17-21)40-19-41-29)27(30(34)35)28(33)20-8-9-24(38-2)23(31)15-20/h8-9,15-17,22,27-28,32H,4-7,10-14,18-19H2,1-3H3,(H,34,35)/t22-,27+,28-/m1/s1. The topological polar surface area (TPSA) is 124 Å². The lowest BCUT2D eigenvalue weighted by molar-refractivity contribution is -0.143. The Morgan fingerprint density at radius 3 is 2.50 bits per heavy atom. The summed E-state index contributed by atoms with van der Waals surface area (Å²) in [5.41, 5.74) is 1.26. The van der Waals surface area contributed by atoms with Gasteiger partial charge in [0, 0.05) is 31.6 Å². The molecule has 3 atom stereocenters. The molecule has 10 nitrogen and oxygen atoms in total. The predicted molar refractivity (Wildman–Crippen MR) is 156 cm³/mol. The van der Waals surface area contributed by atoms with Gasteiger partial charge in [0.05, 0.1) is 31.6 Å². The molecule has 0 saturated carbocycles. The molecule has 12 heteroatoms. The van der Waals surface area contributed by atoms with Gasteiger partial charge in [0.15, 0.2) is 23.1 Å². The maximum absolute atomic E-state index is 14.8. The van der Waals surface area contributed by atoms with Crippen LogP contribution < -0.4 is 24.3 Å². The molecule has 0 bridgehead atoms. The summed E-state index contributed by atoms with van der Waals surface area (Å²) in [6.45, 7) is 3.99. The molecular weight excluding hydrogens is 567 g/mol. The Morgan fingerprint density at radius 2 is 1.81 bits per heavy atom. The molecule has 0 unspecified atom stereocenters. The quantitative estimate of drug-likeness (QED) is 0.270. The average molecular weight is 609 g/mol. The minimum atomic E-state index is -3.07. The monoisotopic (exact) mass is 608 g/mol. The van der Waals surface area contributed by atoms with Gasteiger partial charge in [-0.3, -0.25) is 9.69 Å². The van der Waals surface area contributed by atoms with Gasteiger partial charge in [0.2, 0.25) is 12.5 Å². The first-order chi connectivity index (χ1) is 20.2. The number of methoxy groups -OCH3 is 2. The summed E-state index contributed by atoms with van der Waals surface area (Å²) in [4.78, 5) is 14.8. The summed E-state index contributed by atoms with van der Waals surface area (Å²) >= 11 is 0. The summed E-state index contributed by atoms with van der Waals surface area (Å²) < 4.78 is 61.0. The van der Waals surface area contributed by atoms with Crippen molar-refractivity contribution in [2.75, 3.05) is 58.7 Å². The van der Waals surface area contributed by atoms with Crippen molar-refractivity contribution in [2.24, 2.45) is 5.92 Å². The first kappa shape index (κ1) is 31.8. The number of aliphatic carboxylic acids is 1. The van der Waals surface area contributed by atoms with E-state index >= 15 is 0 Å². The fourth-order valence-electron chi connectivity index (χ4n) is 5.86. The summed E-state index contributed by atoms with van der Waals surface area (Å²) in [5, 5.41) is 13.8. The van der Waals surface area contributed by atoms with Gasteiger partial charge >= 0.3 is 5.97 Å². The minimum Gasteiger partial charge on any atom is -0.494 e. The first-order valence-electron chi connectivity index (χ1n) is 14.4. The second kappa shape index (κ2) is 14.4. The average Bonchev–Trinajstić information content (AvgIpc) is 3.59. The molecule has 0 spiro atoms. The van der Waals surface area contributed by atoms with Crippen LogP contribution in [0.2, 0.25) is 0 Å². The maximum atomic E-state index is 14.8. The number of unbranched alkanes of at least 4 members (excludes halogenated alkanes) is 2. The number of carbonyl (C=O) groups is 1. The number of nitrogens with one attached hydrogen (secondary N) is 1. The third kappa shape index (κ3) is 7.45. The van der Waals surface area contributed by atoms with E-state index in [1.54, 1.807) is 18.2 Å². The van der Waals surface area contributed by atoms with Gasteiger partial charge in [-0.15, -0.1) is 0 Å². The van der Waals surface area contributed by atoms with Crippen LogP contribution in [0.5, 0.6) is 23.0 Å². The second-order valence-electron chi connectivity index (χ2n) is 10.7. The van der Waals surface area contributed by atoms with Crippen molar-refractivity contribution in [1.29, 1.82) is 0 Å². The summed E-state index contributed by atoms with van der Waals surface area (Å²) in [5.74, 6) is -1.04. The van der Waals surface area contributed by atoms with Crippen LogP contribution in [0.1, 0.15) is 55.7 Å². The van der Waals surface area contributed by atoms with Crippen molar-refractivity contribution in [2.45, 2.75) is 44.6 Å². The van der Waals surface area contributed by atoms with Crippen molar-refractivity contribution >= 4 is 15.8 Å². The molecule has 1 saturated heterocycles. The highest BCUT2D eigenvalue weighted by atomic mass is 32.2. The number of benzene rings is 2. The van der Waals surface area contributed by atoms with Crippen LogP contribution in [0, 0.1) is 11.7 Å². The van der Waals surface area contributed by atoms with E-state index in [2.05, 4.69) is 5.32 Å². The summed E-state index contributed by atoms with van der Waals surface area (Å²) in [7, 11) is -0.171. The molecule has 0 radical (unpaired) electrons. The Balaban J connectivity index is 1.52. The van der Waals surface area contributed by atoms with Crippen LogP contribution in [0.3, 0.4) is 0 Å². The zero-order valence-corrected chi connectivity index (χ0v) is 25.3. The van der Waals surface area contributed by atoms with Crippen LogP contribution in [0.25, 0.3) is 0 Å². The molecule has 2 aromatic rings. The van der Waals surface area contributed by atoms with E-state index < -0.39 is 39.5 Å². The number of fused-ring (bicyclic) bond motifs is 1. The highest BCUT2D eigenvalue weighted by Gasteiger charge is 2.47. The lowest BCUT2D eigenvalue weighted by Crippen LogP contribution is -2.34. The Kier molecular flexibility index (Phi) is 10.9. The van der Waals surface area contributed by atoms with Crippen LogP contribution in [-0.4, -0.2) is 83.1 Å². The van der Waals surface area contributed by atoms with Gasteiger partial charge in [-0.25, -0.2) is 12.8 Å². The molecule has 0 amide bonds. The van der Waals surface area contributed by atoms with Gasteiger partial charge in [-0.1, -0.05) is 25.8 Å². The van der Waals surface area contributed by atoms with E-state index in [1.165, 1.54) is 26.4 Å². The number of ether oxygens (including phenoxy) is 4. The number of hydrogen-bond acceptors (Lipinski definition) is 9. The smallest absolute Gasteiger partial charge is 0.309 e. The molecule has 42 heavy (non-hydrogen) atoms. The Labute approximate surface area is 247 Å². The maximum Gasteiger partial charge on any atom is 0.309 e. The van der Waals surface area contributed by atoms with Gasteiger partial charge in [-0.05, 0) is 54.8 Å². The van der Waals surface area contributed by atoms with E-state index in [-0.39, 0.29) is 24.0 Å². The zero-order chi connectivity index (χ0) is 30.3. The van der Waals surface area contributed by atoms with E-state index in [0.717, 1.165) is 18.4 Å². The summed E-state index contributed by atoms with van der Waals surface area (Å²) in [6.07, 6.45) is 3.07. The molecule has 2 aliphatic rings. The number of sulfone groups is 1. The van der Waals surface area contributed by atoms with Gasteiger partial charge in [0.1, 0.15) is 9.84 Å². The molecular formula is C30H41FN2O8S. The second-order valence-corrected chi connectivity index (χ2v) is 13.0. The van der Waals surface area contributed by atoms with E-state index in [1.807, 2.05) is 11.8 Å². The highest BCUT2D eigenvalue weighted by Crippen LogP contribution is 2.50.